The minimum absolute atomic E-state index is 0.344. The maximum absolute atomic E-state index is 5.50. The summed E-state index contributed by atoms with van der Waals surface area (Å²) in [5.74, 6) is 4.17. The molecule has 0 spiro atoms. The van der Waals surface area contributed by atoms with Gasteiger partial charge in [-0.3, -0.25) is 4.57 Å². The van der Waals surface area contributed by atoms with E-state index in [0.717, 1.165) is 188 Å². The van der Waals surface area contributed by atoms with E-state index in [1.165, 1.54) is 54.8 Å². The molecule has 0 amide bonds. The third-order valence-electron chi connectivity index (χ3n) is 29.8. The average molecular weight is 1870 g/mol. The molecule has 1 aliphatic rings. The molecule has 1 aliphatic carbocycles. The van der Waals surface area contributed by atoms with Gasteiger partial charge in [-0.2, -0.15) is 9.97 Å². The number of nitrogens with zero attached hydrogens (tertiary/aromatic N) is 13. The molecular weight excluding hydrogens is 1780 g/mol. The molecular formula is C133H85N13. The molecule has 8 aromatic heterocycles. The first-order chi connectivity index (χ1) is 72.1. The molecule has 0 saturated heterocycles. The van der Waals surface area contributed by atoms with Crippen LogP contribution in [0.15, 0.2) is 479 Å². The Hall–Kier alpha value is -19.5. The van der Waals surface area contributed by atoms with Crippen molar-refractivity contribution in [3.8, 4) is 164 Å². The molecule has 682 valence electrons. The summed E-state index contributed by atoms with van der Waals surface area (Å²) < 4.78 is 11.9. The van der Waals surface area contributed by atoms with Crippen molar-refractivity contribution in [2.24, 2.45) is 0 Å². The van der Waals surface area contributed by atoms with Crippen molar-refractivity contribution in [3.63, 3.8) is 0 Å². The van der Waals surface area contributed by atoms with Crippen LogP contribution in [0.5, 0.6) is 0 Å². The zero-order valence-electron chi connectivity index (χ0n) is 79.4. The molecule has 8 heterocycles. The van der Waals surface area contributed by atoms with Crippen LogP contribution in [0, 0.1) is 0 Å². The lowest BCUT2D eigenvalue weighted by atomic mass is 9.82. The largest absolute Gasteiger partial charge is 0.309 e. The number of aromatic nitrogens is 13. The quantitative estimate of drug-likeness (QED) is 0.0936. The molecule has 0 fully saturated rings. The van der Waals surface area contributed by atoms with Crippen LogP contribution in [-0.2, 0) is 5.41 Å². The van der Waals surface area contributed by atoms with E-state index < -0.39 is 0 Å². The highest BCUT2D eigenvalue weighted by Crippen LogP contribution is 2.54. The summed E-state index contributed by atoms with van der Waals surface area (Å²) in [6.45, 7) is 4.75. The molecule has 146 heavy (non-hydrogen) atoms. The van der Waals surface area contributed by atoms with Gasteiger partial charge >= 0.3 is 0 Å². The van der Waals surface area contributed by atoms with Crippen LogP contribution in [0.3, 0.4) is 0 Å². The first-order valence-corrected chi connectivity index (χ1v) is 49.6. The van der Waals surface area contributed by atoms with E-state index in [4.69, 9.17) is 39.9 Å². The molecule has 0 radical (unpaired) electrons. The lowest BCUT2D eigenvalue weighted by Crippen LogP contribution is -2.15. The van der Waals surface area contributed by atoms with Gasteiger partial charge in [0.05, 0.1) is 66.6 Å². The minimum Gasteiger partial charge on any atom is -0.309 e. The Labute approximate surface area is 839 Å². The average Bonchev–Trinajstić information content (AvgIpc) is 1.56. The van der Waals surface area contributed by atoms with Gasteiger partial charge in [0.1, 0.15) is 0 Å². The smallest absolute Gasteiger partial charge is 0.238 e. The molecule has 0 bridgehead atoms. The first kappa shape index (κ1) is 83.5. The number of hydrogen-bond donors (Lipinski definition) is 0. The summed E-state index contributed by atoms with van der Waals surface area (Å²) in [5.41, 5.74) is 35.5. The maximum Gasteiger partial charge on any atom is 0.238 e. The van der Waals surface area contributed by atoms with Crippen LogP contribution in [0.25, 0.3) is 273 Å². The summed E-state index contributed by atoms with van der Waals surface area (Å²) in [5, 5.41) is 11.6. The molecule has 0 unspecified atom stereocenters. The maximum atomic E-state index is 5.50. The zero-order chi connectivity index (χ0) is 96.3. The molecule has 0 N–H and O–H groups in total. The Morgan fingerprint density at radius 3 is 1.03 bits per heavy atom. The lowest BCUT2D eigenvalue weighted by molar-refractivity contribution is 0.661. The SMILES string of the molecule is CC1(C)c2ccc(-c3cccc(-c4nc(-c5ccccc5)nc(-n5c6ccccc6c6cc(-c7ccc8c(c7)c7ccccc7n8-c7ccccc7)ccc65)n4)c3)cc2-c2cc3c4ccccc4n(-c4cccc(-c5cc(-c6ccc(-c7ccc8c9ccc%10c%11ccccc%11n(-c%11cccc(-c%12nc(-c%13ccccc%13)nc(-c%13ccccc%13)n%12)c%11)c%10c9n(-c9ccccc9)c8c7)cc6)nc(-c6ccccc6)n5)c4)c3cc21. The second-order valence-electron chi connectivity index (χ2n) is 38.5. The van der Waals surface area contributed by atoms with E-state index in [9.17, 15) is 0 Å². The van der Waals surface area contributed by atoms with Crippen LogP contribution in [0.4, 0.5) is 0 Å². The highest BCUT2D eigenvalue weighted by Gasteiger charge is 2.38. The van der Waals surface area contributed by atoms with Gasteiger partial charge in [0.15, 0.2) is 34.9 Å². The van der Waals surface area contributed by atoms with Gasteiger partial charge in [-0.05, 0) is 189 Å². The van der Waals surface area contributed by atoms with E-state index in [-0.39, 0.29) is 5.41 Å². The fourth-order valence-electron chi connectivity index (χ4n) is 22.9. The fraction of sp³-hybridized carbons (Fsp3) is 0.0226. The van der Waals surface area contributed by atoms with E-state index in [1.54, 1.807) is 0 Å². The normalized spacial score (nSPS) is 12.4. The van der Waals surface area contributed by atoms with Gasteiger partial charge in [-0.25, -0.2) is 29.9 Å². The summed E-state index contributed by atoms with van der Waals surface area (Å²) in [4.78, 5) is 42.5. The van der Waals surface area contributed by atoms with Crippen LogP contribution in [0.2, 0.25) is 0 Å². The molecule has 29 rings (SSSR count). The summed E-state index contributed by atoms with van der Waals surface area (Å²) in [7, 11) is 0. The van der Waals surface area contributed by atoms with Crippen molar-refractivity contribution in [2.75, 3.05) is 0 Å². The van der Waals surface area contributed by atoms with E-state index in [1.807, 2.05) is 60.7 Å². The van der Waals surface area contributed by atoms with Crippen LogP contribution >= 0.6 is 0 Å². The number of hydrogen-bond acceptors (Lipinski definition) is 8. The van der Waals surface area contributed by atoms with Crippen LogP contribution in [-0.4, -0.2) is 62.7 Å². The zero-order valence-corrected chi connectivity index (χ0v) is 79.4. The molecule has 13 heteroatoms. The summed E-state index contributed by atoms with van der Waals surface area (Å²) in [6.07, 6.45) is 0. The van der Waals surface area contributed by atoms with Gasteiger partial charge in [-0.1, -0.05) is 360 Å². The van der Waals surface area contributed by atoms with Crippen molar-refractivity contribution in [2.45, 2.75) is 19.3 Å². The fourth-order valence-corrected chi connectivity index (χ4v) is 22.9. The van der Waals surface area contributed by atoms with Crippen LogP contribution < -0.4 is 0 Å². The second kappa shape index (κ2) is 33.4. The Morgan fingerprint density at radius 1 is 0.158 bits per heavy atom. The molecule has 28 aromatic rings. The minimum atomic E-state index is -0.344. The topological polar surface area (TPSA) is 128 Å². The van der Waals surface area contributed by atoms with Crippen molar-refractivity contribution in [1.29, 1.82) is 0 Å². The van der Waals surface area contributed by atoms with Crippen molar-refractivity contribution in [1.82, 2.24) is 62.7 Å². The molecule has 0 saturated carbocycles. The third-order valence-corrected chi connectivity index (χ3v) is 29.8. The van der Waals surface area contributed by atoms with E-state index in [2.05, 4.69) is 455 Å². The Bertz CT molecular complexity index is 10200. The van der Waals surface area contributed by atoms with Gasteiger partial charge in [0, 0.05) is 127 Å². The number of fused-ring (bicyclic) bond motifs is 19. The number of rotatable bonds is 16. The van der Waals surface area contributed by atoms with Crippen molar-refractivity contribution < 1.29 is 0 Å². The molecule has 0 aliphatic heterocycles. The van der Waals surface area contributed by atoms with Gasteiger partial charge in [-0.15, -0.1) is 0 Å². The molecule has 13 nitrogen and oxygen atoms in total. The number of benzene rings is 20. The van der Waals surface area contributed by atoms with Gasteiger partial charge in [0.2, 0.25) is 5.95 Å². The van der Waals surface area contributed by atoms with Crippen LogP contribution in [0.1, 0.15) is 25.0 Å². The van der Waals surface area contributed by atoms with Crippen molar-refractivity contribution in [3.05, 3.63) is 490 Å². The van der Waals surface area contributed by atoms with E-state index >= 15 is 0 Å². The monoisotopic (exact) mass is 1860 g/mol. The number of para-hydroxylation sites is 6. The molecule has 0 atom stereocenters. The Balaban J connectivity index is 0.495. The van der Waals surface area contributed by atoms with Gasteiger partial charge in [0.25, 0.3) is 0 Å². The summed E-state index contributed by atoms with van der Waals surface area (Å²) in [6, 6.07) is 172. The second-order valence-corrected chi connectivity index (χ2v) is 38.5. The highest BCUT2D eigenvalue weighted by atomic mass is 15.2. The molecule has 20 aromatic carbocycles. The Morgan fingerprint density at radius 2 is 0.473 bits per heavy atom. The predicted molar refractivity (Wildman–Crippen MR) is 598 cm³/mol. The summed E-state index contributed by atoms with van der Waals surface area (Å²) >= 11 is 0. The standard InChI is InChI=1S/C133H85N13/c1-133(2)112-69-63-89(88-40-29-42-94(72-88)131-139-129(87-38-15-6-16-39-87)140-132(141-131)146-119-57-28-24-52-102(119)110-77-91(65-71-121(110)146)90-64-70-120-109(76-90)101-51-22-25-54-116(101)142(120)96-44-17-7-18-45-96)75-107(112)108-79-111-103-53-23-26-55-117(103)143(123(111)80-113(108)133)98-48-30-41-93(73-98)115-81-114(134-126(135-115)84-32-9-3-10-33-84)83-60-58-82(59-61-83)92-62-66-104-106-68-67-105-100-50-21-27-56-118(100)145(125(105)124(106)144(122(104)78-92)97-46-19-8-20-47-97)99-49-31-43-95(74-99)130-137-127(85-34-11-4-12-35-85)136-128(138-130)86-36-13-5-14-37-86/h3-81H,1-2H3. The Kier molecular flexibility index (Phi) is 19.1. The highest BCUT2D eigenvalue weighted by molar-refractivity contribution is 6.25. The van der Waals surface area contributed by atoms with Crippen molar-refractivity contribution >= 4 is 109 Å². The first-order valence-electron chi connectivity index (χ1n) is 49.6. The third kappa shape index (κ3) is 13.6. The predicted octanol–water partition coefficient (Wildman–Crippen LogP) is 33.0. The van der Waals surface area contributed by atoms with Gasteiger partial charge < -0.3 is 18.3 Å². The van der Waals surface area contributed by atoms with E-state index in [0.29, 0.717) is 40.9 Å². The lowest BCUT2D eigenvalue weighted by Gasteiger charge is -2.22.